The summed E-state index contributed by atoms with van der Waals surface area (Å²) < 4.78 is 10.2. The quantitative estimate of drug-likeness (QED) is 0.405. The number of para-hydroxylation sites is 1. The zero-order chi connectivity index (χ0) is 19.8. The van der Waals surface area contributed by atoms with E-state index in [1.165, 1.54) is 26.4 Å². The number of hydrogen-bond acceptors (Lipinski definition) is 7. The van der Waals surface area contributed by atoms with Crippen LogP contribution in [0.4, 0.5) is 11.4 Å². The zero-order valence-electron chi connectivity index (χ0n) is 14.6. The first-order valence-electron chi connectivity index (χ1n) is 7.67. The Hall–Kier alpha value is -3.33. The van der Waals surface area contributed by atoms with Crippen LogP contribution in [0.15, 0.2) is 41.5 Å². The van der Waals surface area contributed by atoms with Crippen LogP contribution in [-0.2, 0) is 4.79 Å². The van der Waals surface area contributed by atoms with Crippen molar-refractivity contribution in [3.8, 4) is 11.5 Å². The van der Waals surface area contributed by atoms with Gasteiger partial charge in [-0.1, -0.05) is 23.7 Å². The van der Waals surface area contributed by atoms with E-state index in [4.69, 9.17) is 21.1 Å². The van der Waals surface area contributed by atoms with Crippen molar-refractivity contribution in [3.05, 3.63) is 57.1 Å². The van der Waals surface area contributed by atoms with Gasteiger partial charge in [-0.15, -0.1) is 0 Å². The van der Waals surface area contributed by atoms with Gasteiger partial charge < -0.3 is 14.8 Å². The van der Waals surface area contributed by atoms with Crippen molar-refractivity contribution in [3.63, 3.8) is 0 Å². The number of methoxy groups -OCH3 is 2. The Kier molecular flexibility index (Phi) is 6.95. The van der Waals surface area contributed by atoms with E-state index < -0.39 is 10.8 Å². The molecule has 0 unspecified atom stereocenters. The summed E-state index contributed by atoms with van der Waals surface area (Å²) in [6, 6.07) is 9.59. The van der Waals surface area contributed by atoms with Crippen molar-refractivity contribution in [2.45, 2.75) is 0 Å². The van der Waals surface area contributed by atoms with Crippen molar-refractivity contribution in [1.82, 2.24) is 5.43 Å². The van der Waals surface area contributed by atoms with Crippen molar-refractivity contribution >= 4 is 35.1 Å². The maximum Gasteiger partial charge on any atom is 0.282 e. The monoisotopic (exact) mass is 392 g/mol. The molecule has 2 aromatic rings. The summed E-state index contributed by atoms with van der Waals surface area (Å²) in [7, 11) is 2.79. The normalized spacial score (nSPS) is 10.5. The summed E-state index contributed by atoms with van der Waals surface area (Å²) >= 11 is 5.98. The lowest BCUT2D eigenvalue weighted by Crippen LogP contribution is -2.26. The van der Waals surface area contributed by atoms with Gasteiger partial charge in [0, 0.05) is 0 Å². The van der Waals surface area contributed by atoms with Crippen LogP contribution in [-0.4, -0.2) is 37.8 Å². The van der Waals surface area contributed by atoms with Crippen LogP contribution in [0.2, 0.25) is 5.02 Å². The molecule has 0 aromatic heterocycles. The second-order valence-electron chi connectivity index (χ2n) is 5.15. The smallest absolute Gasteiger partial charge is 0.282 e. The molecule has 9 nitrogen and oxygen atoms in total. The molecule has 0 spiro atoms. The van der Waals surface area contributed by atoms with E-state index in [0.29, 0.717) is 16.5 Å². The maximum absolute atomic E-state index is 11.9. The highest BCUT2D eigenvalue weighted by molar-refractivity contribution is 6.33. The molecule has 0 heterocycles. The van der Waals surface area contributed by atoms with Crippen molar-refractivity contribution in [2.75, 3.05) is 26.1 Å². The van der Waals surface area contributed by atoms with Crippen LogP contribution < -0.4 is 20.2 Å². The Morgan fingerprint density at radius 2 is 1.93 bits per heavy atom. The fourth-order valence-corrected chi connectivity index (χ4v) is 2.34. The maximum atomic E-state index is 11.9. The van der Waals surface area contributed by atoms with Crippen molar-refractivity contribution in [1.29, 1.82) is 0 Å². The first-order chi connectivity index (χ1) is 13.0. The Bertz CT molecular complexity index is 872. The predicted molar refractivity (Wildman–Crippen MR) is 102 cm³/mol. The number of rotatable bonds is 8. The third-order valence-electron chi connectivity index (χ3n) is 3.44. The first kappa shape index (κ1) is 20.0. The molecule has 2 aromatic carbocycles. The van der Waals surface area contributed by atoms with Gasteiger partial charge in [0.1, 0.15) is 0 Å². The molecule has 0 bridgehead atoms. The Balaban J connectivity index is 2.05. The Morgan fingerprint density at radius 1 is 1.26 bits per heavy atom. The van der Waals surface area contributed by atoms with E-state index in [1.54, 1.807) is 24.3 Å². The lowest BCUT2D eigenvalue weighted by molar-refractivity contribution is -0.385. The minimum atomic E-state index is -0.579. The number of nitro benzene ring substituents is 1. The molecule has 0 saturated heterocycles. The third-order valence-corrected chi connectivity index (χ3v) is 3.77. The lowest BCUT2D eigenvalue weighted by atomic mass is 10.1. The minimum absolute atomic E-state index is 0.0743. The summed E-state index contributed by atoms with van der Waals surface area (Å²) in [5.41, 5.74) is 2.80. The molecule has 0 aliphatic heterocycles. The molecular weight excluding hydrogens is 376 g/mol. The van der Waals surface area contributed by atoms with E-state index in [-0.39, 0.29) is 23.5 Å². The van der Waals surface area contributed by atoms with Crippen LogP contribution in [0.25, 0.3) is 0 Å². The number of amides is 1. The minimum Gasteiger partial charge on any atom is -0.493 e. The number of hydrogen-bond donors (Lipinski definition) is 2. The van der Waals surface area contributed by atoms with Crippen LogP contribution in [0.3, 0.4) is 0 Å². The molecule has 0 saturated carbocycles. The van der Waals surface area contributed by atoms with Gasteiger partial charge in [-0.05, 0) is 18.2 Å². The predicted octanol–water partition coefficient (Wildman–Crippen LogP) is 2.83. The van der Waals surface area contributed by atoms with Gasteiger partial charge in [-0.25, -0.2) is 5.43 Å². The number of ether oxygens (including phenoxy) is 2. The molecule has 142 valence electrons. The summed E-state index contributed by atoms with van der Waals surface area (Å²) in [5.74, 6) is 0.0693. The molecule has 0 aliphatic carbocycles. The summed E-state index contributed by atoms with van der Waals surface area (Å²) in [5, 5.41) is 18.3. The van der Waals surface area contributed by atoms with E-state index in [0.717, 1.165) is 6.21 Å². The SMILES string of the molecule is COc1cc(/C=N/NC(=O)CNc2ccccc2Cl)c([N+](=O)[O-])cc1OC. The average molecular weight is 393 g/mol. The van der Waals surface area contributed by atoms with Crippen LogP contribution in [0.1, 0.15) is 5.56 Å². The molecule has 0 radical (unpaired) electrons. The highest BCUT2D eigenvalue weighted by Crippen LogP contribution is 2.33. The standard InChI is InChI=1S/C17H17ClN4O5/c1-26-15-7-11(14(22(24)25)8-16(15)27-2)9-20-21-17(23)10-19-13-6-4-3-5-12(13)18/h3-9,19H,10H2,1-2H3,(H,21,23)/b20-9+. The number of halogens is 1. The second-order valence-corrected chi connectivity index (χ2v) is 5.56. The summed E-state index contributed by atoms with van der Waals surface area (Å²) in [4.78, 5) is 22.5. The van der Waals surface area contributed by atoms with Crippen LogP contribution in [0.5, 0.6) is 11.5 Å². The number of benzene rings is 2. The third kappa shape index (κ3) is 5.32. The van der Waals surface area contributed by atoms with Gasteiger partial charge in [0.05, 0.1) is 54.2 Å². The molecular formula is C17H17ClN4O5. The molecule has 10 heteroatoms. The molecule has 2 rings (SSSR count). The van der Waals surface area contributed by atoms with Crippen LogP contribution >= 0.6 is 11.6 Å². The highest BCUT2D eigenvalue weighted by atomic mass is 35.5. The van der Waals surface area contributed by atoms with E-state index in [1.807, 2.05) is 0 Å². The average Bonchev–Trinajstić information content (AvgIpc) is 2.66. The molecule has 0 atom stereocenters. The van der Waals surface area contributed by atoms with Gasteiger partial charge in [0.25, 0.3) is 11.6 Å². The number of carbonyl (C=O) groups is 1. The molecule has 27 heavy (non-hydrogen) atoms. The van der Waals surface area contributed by atoms with Crippen molar-refractivity contribution < 1.29 is 19.2 Å². The van der Waals surface area contributed by atoms with Gasteiger partial charge in [-0.2, -0.15) is 5.10 Å². The Labute approximate surface area is 160 Å². The Morgan fingerprint density at radius 3 is 2.56 bits per heavy atom. The number of anilines is 1. The van der Waals surface area contributed by atoms with E-state index in [9.17, 15) is 14.9 Å². The summed E-state index contributed by atoms with van der Waals surface area (Å²) in [6.07, 6.45) is 1.16. The molecule has 0 fully saturated rings. The lowest BCUT2D eigenvalue weighted by Gasteiger charge is -2.08. The number of nitrogens with zero attached hydrogens (tertiary/aromatic N) is 2. The molecule has 2 N–H and O–H groups in total. The van der Waals surface area contributed by atoms with Gasteiger partial charge >= 0.3 is 0 Å². The fraction of sp³-hybridized carbons (Fsp3) is 0.176. The van der Waals surface area contributed by atoms with Gasteiger partial charge in [0.15, 0.2) is 11.5 Å². The van der Waals surface area contributed by atoms with Crippen LogP contribution in [0, 0.1) is 10.1 Å². The number of hydrazone groups is 1. The van der Waals surface area contributed by atoms with Gasteiger partial charge in [-0.3, -0.25) is 14.9 Å². The topological polar surface area (TPSA) is 115 Å². The first-order valence-corrected chi connectivity index (χ1v) is 8.04. The van der Waals surface area contributed by atoms with E-state index in [2.05, 4.69) is 15.8 Å². The van der Waals surface area contributed by atoms with Gasteiger partial charge in [0.2, 0.25) is 0 Å². The number of nitro groups is 1. The largest absolute Gasteiger partial charge is 0.493 e. The molecule has 0 aliphatic rings. The zero-order valence-corrected chi connectivity index (χ0v) is 15.3. The number of carbonyl (C=O) groups excluding carboxylic acids is 1. The summed E-state index contributed by atoms with van der Waals surface area (Å²) in [6.45, 7) is -0.0743. The van der Waals surface area contributed by atoms with Crippen molar-refractivity contribution in [2.24, 2.45) is 5.10 Å². The second kappa shape index (κ2) is 9.39. The molecule has 1 amide bonds. The highest BCUT2D eigenvalue weighted by Gasteiger charge is 2.18. The number of nitrogens with one attached hydrogen (secondary N) is 2. The van der Waals surface area contributed by atoms with E-state index >= 15 is 0 Å². The fourth-order valence-electron chi connectivity index (χ4n) is 2.14.